The standard InChI is InChI=1S/C15H26N2O2S/c1-12(2)9-16(3)13-5-7-17(8-6-13)14-11-20-15(19-14)10-18-4/h5-7,12,14-15H,8-11H2,1-4H3/t14-,15+/m1/s1. The van der Waals surface area contributed by atoms with Gasteiger partial charge in [0.2, 0.25) is 0 Å². The lowest BCUT2D eigenvalue weighted by Crippen LogP contribution is -2.36. The molecule has 0 bridgehead atoms. The molecule has 2 heterocycles. The average molecular weight is 298 g/mol. The topological polar surface area (TPSA) is 24.9 Å². The van der Waals surface area contributed by atoms with E-state index in [0.717, 1.165) is 18.8 Å². The van der Waals surface area contributed by atoms with Crippen molar-refractivity contribution in [1.29, 1.82) is 0 Å². The van der Waals surface area contributed by atoms with E-state index in [9.17, 15) is 0 Å². The fraction of sp³-hybridized carbons (Fsp3) is 0.733. The fourth-order valence-electron chi connectivity index (χ4n) is 2.49. The molecule has 0 N–H and O–H groups in total. The van der Waals surface area contributed by atoms with Gasteiger partial charge < -0.3 is 19.3 Å². The van der Waals surface area contributed by atoms with Gasteiger partial charge in [-0.05, 0) is 18.1 Å². The molecular formula is C15H26N2O2S. The molecule has 1 saturated heterocycles. The van der Waals surface area contributed by atoms with Crippen molar-refractivity contribution in [2.75, 3.05) is 39.6 Å². The largest absolute Gasteiger partial charge is 0.381 e. The second-order valence-corrected chi connectivity index (χ2v) is 6.92. The number of likely N-dealkylation sites (N-methyl/N-ethyl adjacent to an activating group) is 1. The molecule has 2 atom stereocenters. The first-order valence-electron chi connectivity index (χ1n) is 7.21. The van der Waals surface area contributed by atoms with E-state index in [2.05, 4.69) is 49.0 Å². The van der Waals surface area contributed by atoms with Crippen LogP contribution < -0.4 is 0 Å². The lowest BCUT2D eigenvalue weighted by Gasteiger charge is -2.31. The summed E-state index contributed by atoms with van der Waals surface area (Å²) >= 11 is 1.83. The minimum Gasteiger partial charge on any atom is -0.381 e. The van der Waals surface area contributed by atoms with Crippen LogP contribution in [-0.4, -0.2) is 61.1 Å². The zero-order valence-corrected chi connectivity index (χ0v) is 13.7. The van der Waals surface area contributed by atoms with Gasteiger partial charge in [0.15, 0.2) is 0 Å². The lowest BCUT2D eigenvalue weighted by atomic mass is 10.2. The first-order chi connectivity index (χ1) is 9.60. The van der Waals surface area contributed by atoms with Crippen LogP contribution in [0.3, 0.4) is 0 Å². The van der Waals surface area contributed by atoms with Crippen molar-refractivity contribution in [2.24, 2.45) is 5.92 Å². The van der Waals surface area contributed by atoms with Crippen molar-refractivity contribution in [2.45, 2.75) is 25.5 Å². The zero-order chi connectivity index (χ0) is 14.5. The molecule has 114 valence electrons. The van der Waals surface area contributed by atoms with E-state index in [1.807, 2.05) is 11.8 Å². The molecule has 2 aliphatic rings. The van der Waals surface area contributed by atoms with Crippen LogP contribution in [0.25, 0.3) is 0 Å². The Balaban J connectivity index is 1.82. The molecule has 0 spiro atoms. The van der Waals surface area contributed by atoms with Gasteiger partial charge in [-0.25, -0.2) is 0 Å². The fourth-order valence-corrected chi connectivity index (χ4v) is 3.58. The first-order valence-corrected chi connectivity index (χ1v) is 8.26. The van der Waals surface area contributed by atoms with Gasteiger partial charge in [-0.2, -0.15) is 0 Å². The molecule has 0 saturated carbocycles. The number of ether oxygens (including phenoxy) is 2. The number of methoxy groups -OCH3 is 1. The van der Waals surface area contributed by atoms with E-state index in [1.54, 1.807) is 7.11 Å². The van der Waals surface area contributed by atoms with Crippen molar-refractivity contribution in [3.63, 3.8) is 0 Å². The minimum atomic E-state index is 0.171. The highest BCUT2D eigenvalue weighted by Crippen LogP contribution is 2.28. The van der Waals surface area contributed by atoms with Crippen LogP contribution in [0.2, 0.25) is 0 Å². The van der Waals surface area contributed by atoms with Gasteiger partial charge in [0, 0.05) is 44.9 Å². The highest BCUT2D eigenvalue weighted by Gasteiger charge is 2.29. The van der Waals surface area contributed by atoms with E-state index in [-0.39, 0.29) is 11.7 Å². The van der Waals surface area contributed by atoms with Crippen molar-refractivity contribution in [3.05, 3.63) is 24.0 Å². The van der Waals surface area contributed by atoms with Crippen LogP contribution in [0, 0.1) is 5.92 Å². The number of allylic oxidation sites excluding steroid dienone is 1. The van der Waals surface area contributed by atoms with Gasteiger partial charge in [-0.15, -0.1) is 11.8 Å². The number of hydrogen-bond acceptors (Lipinski definition) is 5. The molecule has 0 radical (unpaired) electrons. The zero-order valence-electron chi connectivity index (χ0n) is 12.9. The lowest BCUT2D eigenvalue weighted by molar-refractivity contribution is -0.0389. The van der Waals surface area contributed by atoms with Gasteiger partial charge >= 0.3 is 0 Å². The highest BCUT2D eigenvalue weighted by molar-refractivity contribution is 8.00. The second kappa shape index (κ2) is 7.38. The van der Waals surface area contributed by atoms with Gasteiger partial charge in [-0.1, -0.05) is 13.8 Å². The summed E-state index contributed by atoms with van der Waals surface area (Å²) in [6.45, 7) is 7.16. The Morgan fingerprint density at radius 2 is 2.35 bits per heavy atom. The van der Waals surface area contributed by atoms with E-state index in [4.69, 9.17) is 9.47 Å². The molecular weight excluding hydrogens is 272 g/mol. The summed E-state index contributed by atoms with van der Waals surface area (Å²) in [7, 11) is 3.87. The molecule has 0 unspecified atom stereocenters. The molecule has 5 heteroatoms. The normalized spacial score (nSPS) is 26.2. The van der Waals surface area contributed by atoms with Crippen LogP contribution in [0.4, 0.5) is 0 Å². The molecule has 0 aromatic rings. The monoisotopic (exact) mass is 298 g/mol. The number of thioether (sulfide) groups is 1. The third-order valence-corrected chi connectivity index (χ3v) is 4.53. The Morgan fingerprint density at radius 1 is 1.55 bits per heavy atom. The number of hydrogen-bond donors (Lipinski definition) is 0. The van der Waals surface area contributed by atoms with Gasteiger partial charge in [0.05, 0.1) is 6.61 Å². The van der Waals surface area contributed by atoms with E-state index >= 15 is 0 Å². The Kier molecular flexibility index (Phi) is 5.81. The van der Waals surface area contributed by atoms with Gasteiger partial charge in [-0.3, -0.25) is 0 Å². The molecule has 2 rings (SSSR count). The maximum Gasteiger partial charge on any atom is 0.140 e. The van der Waals surface area contributed by atoms with E-state index in [0.29, 0.717) is 12.5 Å². The summed E-state index contributed by atoms with van der Waals surface area (Å²) in [5.74, 6) is 1.68. The van der Waals surface area contributed by atoms with Crippen molar-refractivity contribution < 1.29 is 9.47 Å². The predicted octanol–water partition coefficient (Wildman–Crippen LogP) is 2.35. The van der Waals surface area contributed by atoms with Crippen molar-refractivity contribution in [3.8, 4) is 0 Å². The summed E-state index contributed by atoms with van der Waals surface area (Å²) in [4.78, 5) is 4.58. The summed E-state index contributed by atoms with van der Waals surface area (Å²) in [6, 6.07) is 0. The highest BCUT2D eigenvalue weighted by atomic mass is 32.2. The minimum absolute atomic E-state index is 0.171. The number of rotatable bonds is 6. The molecule has 0 aliphatic carbocycles. The van der Waals surface area contributed by atoms with Crippen LogP contribution in [0.5, 0.6) is 0 Å². The summed E-state index contributed by atoms with van der Waals surface area (Å²) in [6.07, 6.45) is 6.79. The third kappa shape index (κ3) is 4.17. The molecule has 2 aliphatic heterocycles. The quantitative estimate of drug-likeness (QED) is 0.749. The third-order valence-electron chi connectivity index (χ3n) is 3.43. The summed E-state index contributed by atoms with van der Waals surface area (Å²) < 4.78 is 11.1. The maximum absolute atomic E-state index is 5.97. The molecule has 1 fully saturated rings. The SMILES string of the molecule is COC[C@H]1O[C@@H](N2C=CC(N(C)CC(C)C)=CC2)CS1. The Morgan fingerprint density at radius 3 is 2.95 bits per heavy atom. The van der Waals surface area contributed by atoms with Crippen LogP contribution in [-0.2, 0) is 9.47 Å². The van der Waals surface area contributed by atoms with E-state index < -0.39 is 0 Å². The summed E-state index contributed by atoms with van der Waals surface area (Å²) in [5.41, 5.74) is 1.47. The molecule has 4 nitrogen and oxygen atoms in total. The van der Waals surface area contributed by atoms with Gasteiger partial charge in [0.1, 0.15) is 11.7 Å². The Hall–Kier alpha value is -0.650. The smallest absolute Gasteiger partial charge is 0.140 e. The van der Waals surface area contributed by atoms with Crippen LogP contribution in [0.15, 0.2) is 24.0 Å². The predicted molar refractivity (Wildman–Crippen MR) is 84.4 cm³/mol. The Bertz CT molecular complexity index is 371. The first kappa shape index (κ1) is 15.7. The van der Waals surface area contributed by atoms with Crippen molar-refractivity contribution >= 4 is 11.8 Å². The van der Waals surface area contributed by atoms with Crippen LogP contribution >= 0.6 is 11.8 Å². The van der Waals surface area contributed by atoms with Crippen molar-refractivity contribution in [1.82, 2.24) is 9.80 Å². The molecule has 0 amide bonds. The summed E-state index contributed by atoms with van der Waals surface area (Å²) in [5, 5.41) is 0. The average Bonchev–Trinajstić information content (AvgIpc) is 2.87. The number of nitrogens with zero attached hydrogens (tertiary/aromatic N) is 2. The molecule has 0 aromatic carbocycles. The van der Waals surface area contributed by atoms with Crippen LogP contribution in [0.1, 0.15) is 13.8 Å². The Labute approximate surface area is 126 Å². The van der Waals surface area contributed by atoms with Gasteiger partial charge in [0.25, 0.3) is 0 Å². The molecule has 0 aromatic heterocycles. The van der Waals surface area contributed by atoms with E-state index in [1.165, 1.54) is 5.70 Å². The second-order valence-electron chi connectivity index (χ2n) is 5.72. The molecule has 20 heavy (non-hydrogen) atoms. The maximum atomic E-state index is 5.97.